The van der Waals surface area contributed by atoms with Gasteiger partial charge in [-0.25, -0.2) is 14.5 Å². The van der Waals surface area contributed by atoms with Gasteiger partial charge in [-0.05, 0) is 31.6 Å². The van der Waals surface area contributed by atoms with Gasteiger partial charge in [0.05, 0.1) is 6.04 Å². The molecule has 1 aliphatic carbocycles. The van der Waals surface area contributed by atoms with Crippen LogP contribution in [-0.2, 0) is 17.9 Å². The zero-order chi connectivity index (χ0) is 16.2. The minimum Gasteiger partial charge on any atom is -0.377 e. The van der Waals surface area contributed by atoms with Gasteiger partial charge < -0.3 is 15.4 Å². The van der Waals surface area contributed by atoms with E-state index in [0.29, 0.717) is 24.4 Å². The number of carbonyl (C=O) groups is 1. The van der Waals surface area contributed by atoms with E-state index in [-0.39, 0.29) is 12.1 Å². The number of hydrogen-bond acceptors (Lipinski definition) is 4. The topological polar surface area (TPSA) is 81.1 Å². The van der Waals surface area contributed by atoms with Gasteiger partial charge in [0, 0.05) is 19.7 Å². The van der Waals surface area contributed by atoms with Crippen LogP contribution >= 0.6 is 0 Å². The number of ether oxygens (including phenoxy) is 1. The van der Waals surface area contributed by atoms with Crippen molar-refractivity contribution in [3.05, 3.63) is 11.6 Å². The number of rotatable bonds is 5. The molecule has 0 saturated heterocycles. The molecule has 2 heterocycles. The second kappa shape index (κ2) is 7.29. The second-order valence-corrected chi connectivity index (χ2v) is 6.56. The Labute approximate surface area is 137 Å². The van der Waals surface area contributed by atoms with Crippen LogP contribution in [0.5, 0.6) is 0 Å². The van der Waals surface area contributed by atoms with Gasteiger partial charge in [-0.1, -0.05) is 19.8 Å². The number of urea groups is 1. The van der Waals surface area contributed by atoms with E-state index in [4.69, 9.17) is 4.74 Å². The molecule has 1 aromatic rings. The predicted molar refractivity (Wildman–Crippen MR) is 85.8 cm³/mol. The smallest absolute Gasteiger partial charge is 0.315 e. The highest BCUT2D eigenvalue weighted by Crippen LogP contribution is 2.28. The first-order chi connectivity index (χ1) is 11.2. The second-order valence-electron chi connectivity index (χ2n) is 6.56. The number of aryl methyl sites for hydroxylation is 1. The van der Waals surface area contributed by atoms with Gasteiger partial charge in [-0.3, -0.25) is 0 Å². The summed E-state index contributed by atoms with van der Waals surface area (Å²) < 4.78 is 6.99. The third-order valence-corrected chi connectivity index (χ3v) is 5.00. The van der Waals surface area contributed by atoms with Crippen molar-refractivity contribution in [3.8, 4) is 0 Å². The van der Waals surface area contributed by atoms with E-state index in [1.54, 1.807) is 7.11 Å². The fourth-order valence-corrected chi connectivity index (χ4v) is 3.81. The number of aromatic nitrogens is 3. The maximum Gasteiger partial charge on any atom is 0.315 e. The van der Waals surface area contributed by atoms with Crippen molar-refractivity contribution >= 4 is 6.03 Å². The van der Waals surface area contributed by atoms with Crippen LogP contribution in [0.4, 0.5) is 4.79 Å². The minimum absolute atomic E-state index is 0.0664. The van der Waals surface area contributed by atoms with E-state index in [9.17, 15) is 4.79 Å². The molecule has 128 valence electrons. The van der Waals surface area contributed by atoms with Crippen LogP contribution in [-0.4, -0.2) is 33.9 Å². The lowest BCUT2D eigenvalue weighted by molar-refractivity contribution is 0.177. The Morgan fingerprint density at radius 2 is 2.17 bits per heavy atom. The van der Waals surface area contributed by atoms with Crippen LogP contribution < -0.4 is 10.6 Å². The third-order valence-electron chi connectivity index (χ3n) is 5.00. The molecular weight excluding hydrogens is 294 g/mol. The average molecular weight is 321 g/mol. The van der Waals surface area contributed by atoms with Gasteiger partial charge in [-0.2, -0.15) is 5.10 Å². The van der Waals surface area contributed by atoms with Crippen molar-refractivity contribution in [2.45, 2.75) is 70.7 Å². The zero-order valence-corrected chi connectivity index (χ0v) is 14.0. The molecule has 2 amide bonds. The number of nitrogens with one attached hydrogen (secondary N) is 2. The van der Waals surface area contributed by atoms with Gasteiger partial charge in [-0.15, -0.1) is 0 Å². The zero-order valence-electron chi connectivity index (χ0n) is 14.0. The van der Waals surface area contributed by atoms with E-state index < -0.39 is 0 Å². The summed E-state index contributed by atoms with van der Waals surface area (Å²) in [7, 11) is 1.63. The number of methoxy groups -OCH3 is 1. The lowest BCUT2D eigenvalue weighted by atomic mass is 10.0. The highest BCUT2D eigenvalue weighted by atomic mass is 16.5. The predicted octanol–water partition coefficient (Wildman–Crippen LogP) is 2.14. The van der Waals surface area contributed by atoms with E-state index >= 15 is 0 Å². The summed E-state index contributed by atoms with van der Waals surface area (Å²) in [5, 5.41) is 10.7. The summed E-state index contributed by atoms with van der Waals surface area (Å²) in [4.78, 5) is 16.9. The Kier molecular flexibility index (Phi) is 5.15. The molecule has 2 N–H and O–H groups in total. The van der Waals surface area contributed by atoms with Crippen LogP contribution in [0, 0.1) is 5.92 Å². The van der Waals surface area contributed by atoms with Crippen molar-refractivity contribution < 1.29 is 9.53 Å². The fraction of sp³-hybridized carbons (Fsp3) is 0.812. The SMILES string of the molecule is CC[C@@H]1CCC[C@@H]1NC(=O)N[C@H]1CCCn2nc(COC)nc21. The summed E-state index contributed by atoms with van der Waals surface area (Å²) in [5.74, 6) is 2.14. The Morgan fingerprint density at radius 1 is 1.30 bits per heavy atom. The highest BCUT2D eigenvalue weighted by Gasteiger charge is 2.29. The molecule has 2 aliphatic rings. The van der Waals surface area contributed by atoms with Gasteiger partial charge in [0.1, 0.15) is 12.4 Å². The summed E-state index contributed by atoms with van der Waals surface area (Å²) in [6, 6.07) is 0.166. The van der Waals surface area contributed by atoms with E-state index in [2.05, 4.69) is 27.6 Å². The Hall–Kier alpha value is -1.63. The van der Waals surface area contributed by atoms with Crippen LogP contribution in [0.3, 0.4) is 0 Å². The third kappa shape index (κ3) is 3.65. The van der Waals surface area contributed by atoms with Crippen molar-refractivity contribution in [3.63, 3.8) is 0 Å². The number of hydrogen-bond donors (Lipinski definition) is 2. The summed E-state index contributed by atoms with van der Waals surface area (Å²) in [6.45, 7) is 3.45. The summed E-state index contributed by atoms with van der Waals surface area (Å²) in [6.07, 6.45) is 6.55. The molecule has 0 radical (unpaired) electrons. The first-order valence-corrected chi connectivity index (χ1v) is 8.70. The summed E-state index contributed by atoms with van der Waals surface area (Å²) in [5.41, 5.74) is 0. The lowest BCUT2D eigenvalue weighted by Crippen LogP contribution is -2.45. The molecule has 7 heteroatoms. The van der Waals surface area contributed by atoms with Crippen LogP contribution in [0.15, 0.2) is 0 Å². The van der Waals surface area contributed by atoms with Gasteiger partial charge in [0.2, 0.25) is 0 Å². The molecule has 0 unspecified atom stereocenters. The van der Waals surface area contributed by atoms with Crippen LogP contribution in [0.2, 0.25) is 0 Å². The van der Waals surface area contributed by atoms with Crippen molar-refractivity contribution in [1.82, 2.24) is 25.4 Å². The molecule has 1 saturated carbocycles. The van der Waals surface area contributed by atoms with Crippen LogP contribution in [0.25, 0.3) is 0 Å². The van der Waals surface area contributed by atoms with Crippen LogP contribution in [0.1, 0.15) is 63.1 Å². The molecule has 0 aromatic carbocycles. The van der Waals surface area contributed by atoms with Gasteiger partial charge in [0.15, 0.2) is 5.82 Å². The molecule has 3 atom stereocenters. The maximum atomic E-state index is 12.4. The fourth-order valence-electron chi connectivity index (χ4n) is 3.81. The first-order valence-electron chi connectivity index (χ1n) is 8.70. The van der Waals surface area contributed by atoms with Crippen molar-refractivity contribution in [2.24, 2.45) is 5.92 Å². The quantitative estimate of drug-likeness (QED) is 0.870. The first kappa shape index (κ1) is 16.2. The number of carbonyl (C=O) groups excluding carboxylic acids is 1. The van der Waals surface area contributed by atoms with Crippen molar-refractivity contribution in [1.29, 1.82) is 0 Å². The molecule has 0 spiro atoms. The Bertz CT molecular complexity index is 545. The largest absolute Gasteiger partial charge is 0.377 e. The van der Waals surface area contributed by atoms with E-state index in [1.165, 1.54) is 12.8 Å². The number of nitrogens with zero attached hydrogens (tertiary/aromatic N) is 3. The van der Waals surface area contributed by atoms with E-state index in [1.807, 2.05) is 4.68 Å². The Morgan fingerprint density at radius 3 is 2.96 bits per heavy atom. The molecular formula is C16H27N5O2. The van der Waals surface area contributed by atoms with E-state index in [0.717, 1.165) is 38.1 Å². The monoisotopic (exact) mass is 321 g/mol. The lowest BCUT2D eigenvalue weighted by Gasteiger charge is -2.25. The molecule has 3 rings (SSSR count). The average Bonchev–Trinajstić information content (AvgIpc) is 3.14. The molecule has 23 heavy (non-hydrogen) atoms. The molecule has 1 aromatic heterocycles. The molecule has 1 fully saturated rings. The standard InChI is InChI=1S/C16H27N5O2/c1-3-11-6-4-7-12(11)17-16(22)18-13-8-5-9-21-15(13)19-14(20-21)10-23-2/h11-13H,3-10H2,1-2H3,(H2,17,18,22)/t11-,12+,13+/m1/s1. The molecule has 7 nitrogen and oxygen atoms in total. The maximum absolute atomic E-state index is 12.4. The van der Waals surface area contributed by atoms with Gasteiger partial charge >= 0.3 is 6.03 Å². The molecule has 0 bridgehead atoms. The number of fused-ring (bicyclic) bond motifs is 1. The summed E-state index contributed by atoms with van der Waals surface area (Å²) >= 11 is 0. The van der Waals surface area contributed by atoms with Gasteiger partial charge in [0.25, 0.3) is 0 Å². The minimum atomic E-state index is -0.0786. The molecule has 1 aliphatic heterocycles. The highest BCUT2D eigenvalue weighted by molar-refractivity contribution is 5.74. The Balaban J connectivity index is 1.61. The van der Waals surface area contributed by atoms with Crippen molar-refractivity contribution in [2.75, 3.05) is 7.11 Å². The number of amides is 2. The normalized spacial score (nSPS) is 26.8.